The van der Waals surface area contributed by atoms with E-state index in [4.69, 9.17) is 5.73 Å². The number of primary amides is 1. The van der Waals surface area contributed by atoms with E-state index in [1.165, 1.54) is 0 Å². The molecule has 3 N–H and O–H groups in total. The van der Waals surface area contributed by atoms with E-state index in [-0.39, 0.29) is 17.9 Å². The fourth-order valence-corrected chi connectivity index (χ4v) is 3.30. The van der Waals surface area contributed by atoms with Gasteiger partial charge in [-0.15, -0.1) is 0 Å². The minimum atomic E-state index is -0.420. The van der Waals surface area contributed by atoms with Crippen LogP contribution < -0.4 is 11.1 Å². The van der Waals surface area contributed by atoms with Gasteiger partial charge in [-0.3, -0.25) is 19.2 Å². The molecule has 1 saturated heterocycles. The number of nitrogens with two attached hydrogens (primary N) is 1. The number of hydrogen-bond donors (Lipinski definition) is 2. The van der Waals surface area contributed by atoms with Gasteiger partial charge in [-0.2, -0.15) is 5.10 Å². The molecule has 0 spiro atoms. The zero-order valence-corrected chi connectivity index (χ0v) is 14.3. The Kier molecular flexibility index (Phi) is 5.14. The van der Waals surface area contributed by atoms with Gasteiger partial charge in [0.25, 0.3) is 5.91 Å². The Hall–Kier alpha value is -2.67. The number of hydrogen-bond acceptors (Lipinski definition) is 4. The van der Waals surface area contributed by atoms with Crippen LogP contribution in [0.1, 0.15) is 34.8 Å². The second-order valence-corrected chi connectivity index (χ2v) is 6.40. The molecule has 0 saturated carbocycles. The minimum absolute atomic E-state index is 0.0910. The maximum absolute atomic E-state index is 12.2. The predicted molar refractivity (Wildman–Crippen MR) is 93.6 cm³/mol. The van der Waals surface area contributed by atoms with Crippen molar-refractivity contribution >= 4 is 11.8 Å². The van der Waals surface area contributed by atoms with E-state index >= 15 is 0 Å². The summed E-state index contributed by atoms with van der Waals surface area (Å²) in [5.41, 5.74) is 7.10. The van der Waals surface area contributed by atoms with Gasteiger partial charge in [0.15, 0.2) is 0 Å². The molecule has 1 aliphatic heterocycles. The Balaban J connectivity index is 1.59. The number of likely N-dealkylation sites (tertiary alicyclic amines) is 1. The smallest absolute Gasteiger partial charge is 0.254 e. The highest BCUT2D eigenvalue weighted by Gasteiger charge is 2.30. The molecule has 2 heterocycles. The molecule has 1 aromatic heterocycles. The van der Waals surface area contributed by atoms with Crippen LogP contribution in [0.4, 0.5) is 0 Å². The Morgan fingerprint density at radius 1 is 1.24 bits per heavy atom. The van der Waals surface area contributed by atoms with Gasteiger partial charge in [-0.25, -0.2) is 0 Å². The standard InChI is InChI=1S/C18H23N5O2/c1-22-12-14(11-20-22)18(25)21-15-7-9-23(10-8-15)16(17(19)24)13-5-3-2-4-6-13/h2-6,11-12,15-16H,7-10H2,1H3,(H2,19,24)(H,21,25)/t16-/m0/s1. The highest BCUT2D eigenvalue weighted by atomic mass is 16.2. The van der Waals surface area contributed by atoms with Gasteiger partial charge in [-0.05, 0) is 18.4 Å². The van der Waals surface area contributed by atoms with E-state index < -0.39 is 6.04 Å². The highest BCUT2D eigenvalue weighted by molar-refractivity contribution is 5.93. The van der Waals surface area contributed by atoms with Gasteiger partial charge in [0.05, 0.1) is 11.8 Å². The molecule has 0 unspecified atom stereocenters. The summed E-state index contributed by atoms with van der Waals surface area (Å²) >= 11 is 0. The molecule has 2 amide bonds. The lowest BCUT2D eigenvalue weighted by Gasteiger charge is -2.36. The first-order valence-electron chi connectivity index (χ1n) is 8.42. The van der Waals surface area contributed by atoms with E-state index in [0.29, 0.717) is 18.7 Å². The lowest BCUT2D eigenvalue weighted by Crippen LogP contribution is -2.48. The van der Waals surface area contributed by atoms with Crippen LogP contribution >= 0.6 is 0 Å². The summed E-state index contributed by atoms with van der Waals surface area (Å²) in [5, 5.41) is 7.06. The van der Waals surface area contributed by atoms with Crippen molar-refractivity contribution in [3.63, 3.8) is 0 Å². The van der Waals surface area contributed by atoms with E-state index in [9.17, 15) is 9.59 Å². The summed E-state index contributed by atoms with van der Waals surface area (Å²) in [6, 6.07) is 9.25. The van der Waals surface area contributed by atoms with Crippen LogP contribution in [-0.2, 0) is 11.8 Å². The molecule has 0 radical (unpaired) electrons. The fraction of sp³-hybridized carbons (Fsp3) is 0.389. The van der Waals surface area contributed by atoms with E-state index in [1.807, 2.05) is 30.3 Å². The third kappa shape index (κ3) is 4.06. The maximum atomic E-state index is 12.2. The van der Waals surface area contributed by atoms with E-state index in [1.54, 1.807) is 24.1 Å². The topological polar surface area (TPSA) is 93.3 Å². The third-order valence-electron chi connectivity index (χ3n) is 4.58. The maximum Gasteiger partial charge on any atom is 0.254 e. The first-order valence-corrected chi connectivity index (χ1v) is 8.42. The van der Waals surface area contributed by atoms with E-state index in [0.717, 1.165) is 18.4 Å². The lowest BCUT2D eigenvalue weighted by molar-refractivity contribution is -0.124. The van der Waals surface area contributed by atoms with E-state index in [2.05, 4.69) is 15.3 Å². The van der Waals surface area contributed by atoms with Crippen molar-refractivity contribution < 1.29 is 9.59 Å². The van der Waals surface area contributed by atoms with Gasteiger partial charge in [-0.1, -0.05) is 30.3 Å². The molecule has 0 bridgehead atoms. The van der Waals surface area contributed by atoms with Crippen LogP contribution in [0.3, 0.4) is 0 Å². The zero-order chi connectivity index (χ0) is 17.8. The minimum Gasteiger partial charge on any atom is -0.368 e. The van der Waals surface area contributed by atoms with Crippen molar-refractivity contribution in [1.29, 1.82) is 0 Å². The first kappa shape index (κ1) is 17.2. The number of nitrogens with one attached hydrogen (secondary N) is 1. The van der Waals surface area contributed by atoms with Crippen molar-refractivity contribution in [3.8, 4) is 0 Å². The Bertz CT molecular complexity index is 735. The molecular weight excluding hydrogens is 318 g/mol. The number of nitrogens with zero attached hydrogens (tertiary/aromatic N) is 3. The van der Waals surface area contributed by atoms with Gasteiger partial charge in [0, 0.05) is 32.4 Å². The molecule has 1 aliphatic rings. The fourth-order valence-electron chi connectivity index (χ4n) is 3.30. The van der Waals surface area contributed by atoms with Gasteiger partial charge in [0.2, 0.25) is 5.91 Å². The van der Waals surface area contributed by atoms with Crippen LogP contribution in [0.2, 0.25) is 0 Å². The number of rotatable bonds is 5. The summed E-state index contributed by atoms with van der Waals surface area (Å²) in [4.78, 5) is 26.3. The molecule has 2 aromatic rings. The highest BCUT2D eigenvalue weighted by Crippen LogP contribution is 2.24. The van der Waals surface area contributed by atoms with Crippen LogP contribution in [-0.4, -0.2) is 45.6 Å². The predicted octanol–water partition coefficient (Wildman–Crippen LogP) is 0.841. The lowest BCUT2D eigenvalue weighted by atomic mass is 9.98. The second kappa shape index (κ2) is 7.48. The number of carbonyl (C=O) groups excluding carboxylic acids is 2. The Morgan fingerprint density at radius 2 is 1.92 bits per heavy atom. The van der Waals surface area contributed by atoms with Crippen molar-refractivity contribution in [2.75, 3.05) is 13.1 Å². The number of piperidine rings is 1. The second-order valence-electron chi connectivity index (χ2n) is 6.40. The first-order chi connectivity index (χ1) is 12.0. The SMILES string of the molecule is Cn1cc(C(=O)NC2CCN([C@H](C(N)=O)c3ccccc3)CC2)cn1. The van der Waals surface area contributed by atoms with Crippen molar-refractivity contribution in [2.45, 2.75) is 24.9 Å². The summed E-state index contributed by atoms with van der Waals surface area (Å²) in [7, 11) is 1.78. The summed E-state index contributed by atoms with van der Waals surface area (Å²) in [6.07, 6.45) is 4.82. The third-order valence-corrected chi connectivity index (χ3v) is 4.58. The molecule has 7 heteroatoms. The van der Waals surface area contributed by atoms with Crippen molar-refractivity contribution in [3.05, 3.63) is 53.9 Å². The molecule has 1 aromatic carbocycles. The van der Waals surface area contributed by atoms with Crippen molar-refractivity contribution in [1.82, 2.24) is 20.0 Å². The zero-order valence-electron chi connectivity index (χ0n) is 14.3. The average Bonchev–Trinajstić information content (AvgIpc) is 3.04. The number of aromatic nitrogens is 2. The van der Waals surface area contributed by atoms with Crippen LogP contribution in [0, 0.1) is 0 Å². The Morgan fingerprint density at radius 3 is 2.48 bits per heavy atom. The summed E-state index contributed by atoms with van der Waals surface area (Å²) in [6.45, 7) is 1.42. The number of carbonyl (C=O) groups is 2. The quantitative estimate of drug-likeness (QED) is 0.843. The summed E-state index contributed by atoms with van der Waals surface area (Å²) < 4.78 is 1.61. The van der Waals surface area contributed by atoms with Gasteiger partial charge >= 0.3 is 0 Å². The molecule has 1 fully saturated rings. The number of benzene rings is 1. The number of amides is 2. The largest absolute Gasteiger partial charge is 0.368 e. The molecular formula is C18H23N5O2. The molecule has 1 atom stereocenters. The van der Waals surface area contributed by atoms with Crippen LogP contribution in [0.25, 0.3) is 0 Å². The van der Waals surface area contributed by atoms with Crippen molar-refractivity contribution in [2.24, 2.45) is 12.8 Å². The summed E-state index contributed by atoms with van der Waals surface area (Å²) in [5.74, 6) is -0.454. The normalized spacial score (nSPS) is 17.2. The van der Waals surface area contributed by atoms with Gasteiger partial charge in [0.1, 0.15) is 6.04 Å². The Labute approximate surface area is 146 Å². The molecule has 0 aliphatic carbocycles. The molecule has 25 heavy (non-hydrogen) atoms. The monoisotopic (exact) mass is 341 g/mol. The average molecular weight is 341 g/mol. The molecule has 132 valence electrons. The molecule has 7 nitrogen and oxygen atoms in total. The molecule has 3 rings (SSSR count). The van der Waals surface area contributed by atoms with Crippen LogP contribution in [0.15, 0.2) is 42.7 Å². The van der Waals surface area contributed by atoms with Crippen LogP contribution in [0.5, 0.6) is 0 Å². The number of aryl methyl sites for hydroxylation is 1. The van der Waals surface area contributed by atoms with Gasteiger partial charge < -0.3 is 11.1 Å².